The summed E-state index contributed by atoms with van der Waals surface area (Å²) in [6, 6.07) is 13.0. The Labute approximate surface area is 203 Å². The van der Waals surface area contributed by atoms with Gasteiger partial charge in [0, 0.05) is 47.3 Å². The maximum Gasteiger partial charge on any atom is 0.143 e. The van der Waals surface area contributed by atoms with Gasteiger partial charge in [-0.1, -0.05) is 23.7 Å². The van der Waals surface area contributed by atoms with Gasteiger partial charge in [-0.3, -0.25) is 4.90 Å². The Hall–Kier alpha value is -2.87. The third kappa shape index (κ3) is 4.08. The molecular weight excluding hydrogens is 448 g/mol. The van der Waals surface area contributed by atoms with E-state index in [4.69, 9.17) is 22.1 Å². The number of hydrogen-bond donors (Lipinski definition) is 3. The first-order valence-electron chi connectivity index (χ1n) is 12.1. The largest absolute Gasteiger partial charge is 0.399 e. The summed E-state index contributed by atoms with van der Waals surface area (Å²) in [6.45, 7) is 3.85. The normalized spacial score (nSPS) is 21.8. The average Bonchev–Trinajstić information content (AvgIpc) is 3.24. The summed E-state index contributed by atoms with van der Waals surface area (Å²) in [6.07, 6.45) is 6.33. The van der Waals surface area contributed by atoms with Gasteiger partial charge in [0.1, 0.15) is 17.8 Å². The fraction of sp³-hybridized carbons (Fsp3) is 0.385. The van der Waals surface area contributed by atoms with E-state index in [1.54, 1.807) is 12.4 Å². The molecule has 6 rings (SSSR count). The van der Waals surface area contributed by atoms with E-state index in [2.05, 4.69) is 43.4 Å². The zero-order chi connectivity index (χ0) is 23.1. The number of aromatic nitrogens is 3. The summed E-state index contributed by atoms with van der Waals surface area (Å²) >= 11 is 6.50. The highest BCUT2D eigenvalue weighted by molar-refractivity contribution is 6.33. The number of benzene rings is 2. The maximum absolute atomic E-state index is 6.50. The van der Waals surface area contributed by atoms with E-state index in [-0.39, 0.29) is 0 Å². The molecule has 2 fully saturated rings. The molecule has 1 aliphatic heterocycles. The van der Waals surface area contributed by atoms with Gasteiger partial charge in [-0.05, 0) is 55.5 Å². The number of nitrogens with one attached hydrogen (secondary N) is 2. The molecule has 4 N–H and O–H groups in total. The number of hydrogen-bond acceptors (Lipinski definition) is 6. The minimum atomic E-state index is 0.412. The lowest BCUT2D eigenvalue weighted by Crippen LogP contribution is -2.46. The van der Waals surface area contributed by atoms with Crippen molar-refractivity contribution in [2.45, 2.75) is 37.8 Å². The van der Waals surface area contributed by atoms with Crippen LogP contribution in [0.2, 0.25) is 5.02 Å². The number of anilines is 2. The lowest BCUT2D eigenvalue weighted by molar-refractivity contribution is 0.00791. The summed E-state index contributed by atoms with van der Waals surface area (Å²) in [5.41, 5.74) is 10.4. The van der Waals surface area contributed by atoms with Gasteiger partial charge >= 0.3 is 0 Å². The molecule has 8 heteroatoms. The number of nitrogens with zero attached hydrogens (tertiary/aromatic N) is 3. The van der Waals surface area contributed by atoms with Crippen molar-refractivity contribution in [3.8, 4) is 11.1 Å². The number of fused-ring (bicyclic) bond motifs is 3. The van der Waals surface area contributed by atoms with Crippen LogP contribution in [0.25, 0.3) is 33.1 Å². The Morgan fingerprint density at radius 1 is 1.03 bits per heavy atom. The molecule has 0 bridgehead atoms. The van der Waals surface area contributed by atoms with Crippen LogP contribution in [0.1, 0.15) is 25.7 Å². The molecule has 0 unspecified atom stereocenters. The molecular formula is C26H29ClN6O. The summed E-state index contributed by atoms with van der Waals surface area (Å²) in [7, 11) is 0. The molecule has 1 saturated heterocycles. The van der Waals surface area contributed by atoms with Crippen LogP contribution in [-0.4, -0.2) is 58.2 Å². The van der Waals surface area contributed by atoms with Gasteiger partial charge in [-0.25, -0.2) is 9.97 Å². The zero-order valence-electron chi connectivity index (χ0n) is 19.1. The molecule has 0 amide bonds. The number of morpholine rings is 1. The maximum atomic E-state index is 6.50. The first-order chi connectivity index (χ1) is 16.7. The zero-order valence-corrected chi connectivity index (χ0v) is 19.8. The SMILES string of the molecule is Nc1ccc(-c2ccc3[nH]c4ncnc(NC5CCC(N6CCOCC6)CC5)c4c3c2)c(Cl)c1. The Morgan fingerprint density at radius 3 is 2.65 bits per heavy atom. The Balaban J connectivity index is 1.28. The fourth-order valence-electron chi connectivity index (χ4n) is 5.49. The lowest BCUT2D eigenvalue weighted by atomic mass is 9.90. The molecule has 0 spiro atoms. The van der Waals surface area contributed by atoms with Crippen LogP contribution >= 0.6 is 11.6 Å². The van der Waals surface area contributed by atoms with Crippen molar-refractivity contribution in [2.75, 3.05) is 37.4 Å². The van der Waals surface area contributed by atoms with Crippen molar-refractivity contribution in [2.24, 2.45) is 0 Å². The number of halogens is 1. The molecule has 176 valence electrons. The molecule has 3 heterocycles. The number of rotatable bonds is 4. The van der Waals surface area contributed by atoms with Gasteiger partial charge < -0.3 is 20.8 Å². The minimum absolute atomic E-state index is 0.412. The van der Waals surface area contributed by atoms with E-state index in [1.807, 2.05) is 12.1 Å². The second-order valence-corrected chi connectivity index (χ2v) is 9.78. The molecule has 34 heavy (non-hydrogen) atoms. The molecule has 1 aliphatic carbocycles. The topological polar surface area (TPSA) is 92.1 Å². The highest BCUT2D eigenvalue weighted by Gasteiger charge is 2.27. The second-order valence-electron chi connectivity index (χ2n) is 9.37. The molecule has 0 radical (unpaired) electrons. The van der Waals surface area contributed by atoms with Crippen LogP contribution < -0.4 is 11.1 Å². The van der Waals surface area contributed by atoms with Crippen LogP contribution in [0, 0.1) is 0 Å². The first kappa shape index (κ1) is 21.6. The smallest absolute Gasteiger partial charge is 0.143 e. The second kappa shape index (κ2) is 9.06. The lowest BCUT2D eigenvalue weighted by Gasteiger charge is -2.39. The molecule has 2 aromatic carbocycles. The van der Waals surface area contributed by atoms with Gasteiger partial charge in [0.15, 0.2) is 0 Å². The monoisotopic (exact) mass is 476 g/mol. The predicted octanol–water partition coefficient (Wildman–Crippen LogP) is 5.07. The molecule has 2 aliphatic rings. The van der Waals surface area contributed by atoms with Crippen LogP contribution in [0.5, 0.6) is 0 Å². The predicted molar refractivity (Wildman–Crippen MR) is 138 cm³/mol. The number of ether oxygens (including phenoxy) is 1. The Morgan fingerprint density at radius 2 is 1.85 bits per heavy atom. The quantitative estimate of drug-likeness (QED) is 0.356. The Bertz CT molecular complexity index is 1320. The van der Waals surface area contributed by atoms with Crippen molar-refractivity contribution in [1.29, 1.82) is 0 Å². The van der Waals surface area contributed by atoms with Gasteiger partial charge in [-0.15, -0.1) is 0 Å². The first-order valence-corrected chi connectivity index (χ1v) is 12.4. The Kier molecular flexibility index (Phi) is 5.77. The van der Waals surface area contributed by atoms with E-state index in [0.717, 1.165) is 78.0 Å². The van der Waals surface area contributed by atoms with Gasteiger partial charge in [-0.2, -0.15) is 0 Å². The summed E-state index contributed by atoms with van der Waals surface area (Å²) in [4.78, 5) is 15.2. The van der Waals surface area contributed by atoms with E-state index in [9.17, 15) is 0 Å². The van der Waals surface area contributed by atoms with Gasteiger partial charge in [0.2, 0.25) is 0 Å². The van der Waals surface area contributed by atoms with Crippen molar-refractivity contribution in [1.82, 2.24) is 19.9 Å². The van der Waals surface area contributed by atoms with Gasteiger partial charge in [0.25, 0.3) is 0 Å². The number of nitrogen functional groups attached to an aromatic ring is 1. The molecule has 1 saturated carbocycles. The van der Waals surface area contributed by atoms with E-state index < -0.39 is 0 Å². The van der Waals surface area contributed by atoms with Crippen LogP contribution in [0.3, 0.4) is 0 Å². The number of aromatic amines is 1. The summed E-state index contributed by atoms with van der Waals surface area (Å²) in [5, 5.41) is 6.51. The van der Waals surface area contributed by atoms with Crippen molar-refractivity contribution in [3.63, 3.8) is 0 Å². The fourth-order valence-corrected chi connectivity index (χ4v) is 5.78. The number of nitrogens with two attached hydrogens (primary N) is 1. The van der Waals surface area contributed by atoms with Crippen molar-refractivity contribution < 1.29 is 4.74 Å². The summed E-state index contributed by atoms with van der Waals surface area (Å²) < 4.78 is 5.52. The summed E-state index contributed by atoms with van der Waals surface area (Å²) in [5.74, 6) is 0.895. The van der Waals surface area contributed by atoms with Crippen molar-refractivity contribution >= 4 is 45.0 Å². The third-order valence-corrected chi connectivity index (χ3v) is 7.61. The molecule has 7 nitrogen and oxygen atoms in total. The highest BCUT2D eigenvalue weighted by atomic mass is 35.5. The van der Waals surface area contributed by atoms with Crippen LogP contribution in [-0.2, 0) is 4.74 Å². The molecule has 0 atom stereocenters. The van der Waals surface area contributed by atoms with E-state index in [1.165, 1.54) is 12.8 Å². The van der Waals surface area contributed by atoms with E-state index in [0.29, 0.717) is 22.8 Å². The average molecular weight is 477 g/mol. The van der Waals surface area contributed by atoms with Crippen LogP contribution in [0.15, 0.2) is 42.7 Å². The third-order valence-electron chi connectivity index (χ3n) is 7.29. The minimum Gasteiger partial charge on any atom is -0.399 e. The van der Waals surface area contributed by atoms with E-state index >= 15 is 0 Å². The molecule has 2 aromatic heterocycles. The van der Waals surface area contributed by atoms with Crippen molar-refractivity contribution in [3.05, 3.63) is 47.7 Å². The molecule has 4 aromatic rings. The number of H-pyrrole nitrogens is 1. The highest BCUT2D eigenvalue weighted by Crippen LogP contribution is 2.36. The van der Waals surface area contributed by atoms with Gasteiger partial charge in [0.05, 0.1) is 23.6 Å². The van der Waals surface area contributed by atoms with Crippen LogP contribution in [0.4, 0.5) is 11.5 Å². The standard InChI is InChI=1S/C26H29ClN6O/c27-22-14-17(28)2-7-20(22)16-1-8-23-21(13-16)24-25(29-15-30-26(24)32-23)31-18-3-5-19(6-4-18)33-9-11-34-12-10-33/h1-2,7-8,13-15,18-19H,3-6,9-12,28H2,(H2,29,30,31,32).